The molecule has 2 aliphatic rings. The molecule has 1 amide bonds. The molecule has 0 unspecified atom stereocenters. The fourth-order valence-corrected chi connectivity index (χ4v) is 3.66. The molecular formula is C13H18N2O2S. The lowest BCUT2D eigenvalue weighted by molar-refractivity contribution is -0.0228. The number of carbonyl (C=O) groups excluding carboxylic acids is 1. The molecule has 0 saturated carbocycles. The summed E-state index contributed by atoms with van der Waals surface area (Å²) in [5, 5.41) is 0. The lowest BCUT2D eigenvalue weighted by Gasteiger charge is -2.44. The summed E-state index contributed by atoms with van der Waals surface area (Å²) in [7, 11) is 0. The summed E-state index contributed by atoms with van der Waals surface area (Å²) in [6.45, 7) is 3.48. The number of carbonyl (C=O) groups is 1. The van der Waals surface area contributed by atoms with Crippen LogP contribution in [0.2, 0.25) is 0 Å². The number of hydrogen-bond donors (Lipinski definition) is 0. The quantitative estimate of drug-likeness (QED) is 0.782. The summed E-state index contributed by atoms with van der Waals surface area (Å²) >= 11 is 1.43. The standard InChI is InChI=1S/C13H18N2O2S/c16-12(11-8-14-10-18-11)15-5-1-2-13(9-15)3-6-17-7-4-13/h8,10H,1-7,9H2. The highest BCUT2D eigenvalue weighted by atomic mass is 32.1. The molecule has 5 heteroatoms. The molecule has 0 N–H and O–H groups in total. The van der Waals surface area contributed by atoms with Gasteiger partial charge in [-0.15, -0.1) is 11.3 Å². The van der Waals surface area contributed by atoms with Gasteiger partial charge in [0.15, 0.2) is 0 Å². The minimum absolute atomic E-state index is 0.156. The first-order valence-electron chi connectivity index (χ1n) is 6.55. The van der Waals surface area contributed by atoms with Crippen molar-refractivity contribution >= 4 is 17.2 Å². The summed E-state index contributed by atoms with van der Waals surface area (Å²) in [6, 6.07) is 0. The van der Waals surface area contributed by atoms with E-state index in [1.165, 1.54) is 17.8 Å². The second kappa shape index (κ2) is 4.97. The number of aromatic nitrogens is 1. The van der Waals surface area contributed by atoms with E-state index in [1.54, 1.807) is 11.7 Å². The van der Waals surface area contributed by atoms with E-state index in [9.17, 15) is 4.79 Å². The van der Waals surface area contributed by atoms with Crippen molar-refractivity contribution in [2.24, 2.45) is 5.41 Å². The molecule has 2 aliphatic heterocycles. The number of rotatable bonds is 1. The van der Waals surface area contributed by atoms with Crippen LogP contribution in [0.5, 0.6) is 0 Å². The Hall–Kier alpha value is -0.940. The van der Waals surface area contributed by atoms with E-state index in [4.69, 9.17) is 4.74 Å². The highest BCUT2D eigenvalue weighted by molar-refractivity contribution is 7.11. The number of likely N-dealkylation sites (tertiary alicyclic amines) is 1. The van der Waals surface area contributed by atoms with Crippen LogP contribution in [0.3, 0.4) is 0 Å². The second-order valence-electron chi connectivity index (χ2n) is 5.31. The van der Waals surface area contributed by atoms with Crippen molar-refractivity contribution < 1.29 is 9.53 Å². The molecule has 0 atom stereocenters. The highest BCUT2D eigenvalue weighted by Crippen LogP contribution is 2.39. The van der Waals surface area contributed by atoms with E-state index in [-0.39, 0.29) is 5.91 Å². The maximum Gasteiger partial charge on any atom is 0.265 e. The van der Waals surface area contributed by atoms with Crippen LogP contribution in [0.4, 0.5) is 0 Å². The third-order valence-electron chi connectivity index (χ3n) is 4.15. The number of piperidine rings is 1. The first-order valence-corrected chi connectivity index (χ1v) is 7.43. The van der Waals surface area contributed by atoms with Gasteiger partial charge in [-0.2, -0.15) is 0 Å². The second-order valence-corrected chi connectivity index (χ2v) is 6.19. The van der Waals surface area contributed by atoms with Gasteiger partial charge < -0.3 is 9.64 Å². The zero-order valence-electron chi connectivity index (χ0n) is 10.4. The van der Waals surface area contributed by atoms with Crippen molar-refractivity contribution in [1.82, 2.24) is 9.88 Å². The predicted molar refractivity (Wildman–Crippen MR) is 69.7 cm³/mol. The largest absolute Gasteiger partial charge is 0.381 e. The van der Waals surface area contributed by atoms with E-state index >= 15 is 0 Å². The van der Waals surface area contributed by atoms with Gasteiger partial charge in [-0.1, -0.05) is 0 Å². The monoisotopic (exact) mass is 266 g/mol. The molecule has 2 saturated heterocycles. The Bertz CT molecular complexity index is 407. The summed E-state index contributed by atoms with van der Waals surface area (Å²) < 4.78 is 5.45. The maximum absolute atomic E-state index is 12.4. The van der Waals surface area contributed by atoms with Crippen LogP contribution in [0.25, 0.3) is 0 Å². The van der Waals surface area contributed by atoms with Gasteiger partial charge >= 0.3 is 0 Å². The number of thiazole rings is 1. The maximum atomic E-state index is 12.4. The molecule has 0 aliphatic carbocycles. The lowest BCUT2D eigenvalue weighted by atomic mass is 9.74. The molecule has 0 bridgehead atoms. The Balaban J connectivity index is 1.72. The molecule has 0 radical (unpaired) electrons. The molecule has 18 heavy (non-hydrogen) atoms. The van der Waals surface area contributed by atoms with E-state index < -0.39 is 0 Å². The first-order chi connectivity index (χ1) is 8.79. The molecule has 4 nitrogen and oxygen atoms in total. The van der Waals surface area contributed by atoms with Crippen molar-refractivity contribution in [3.8, 4) is 0 Å². The smallest absolute Gasteiger partial charge is 0.265 e. The van der Waals surface area contributed by atoms with Gasteiger partial charge in [-0.3, -0.25) is 9.78 Å². The topological polar surface area (TPSA) is 42.4 Å². The molecule has 3 heterocycles. The molecule has 1 spiro atoms. The van der Waals surface area contributed by atoms with Gasteiger partial charge in [-0.05, 0) is 31.1 Å². The Morgan fingerprint density at radius 2 is 2.22 bits per heavy atom. The van der Waals surface area contributed by atoms with Crippen LogP contribution in [0.1, 0.15) is 35.4 Å². The van der Waals surface area contributed by atoms with E-state index in [0.717, 1.165) is 50.4 Å². The number of ether oxygens (including phenoxy) is 1. The molecule has 0 aromatic carbocycles. The number of hydrogen-bond acceptors (Lipinski definition) is 4. The fraction of sp³-hybridized carbons (Fsp3) is 0.692. The van der Waals surface area contributed by atoms with E-state index in [0.29, 0.717) is 5.41 Å². The van der Waals surface area contributed by atoms with Gasteiger partial charge in [0.1, 0.15) is 4.88 Å². The van der Waals surface area contributed by atoms with Gasteiger partial charge in [0.25, 0.3) is 5.91 Å². The van der Waals surface area contributed by atoms with E-state index in [1.807, 2.05) is 4.90 Å². The zero-order chi connectivity index (χ0) is 12.4. The third kappa shape index (κ3) is 2.29. The minimum Gasteiger partial charge on any atom is -0.381 e. The SMILES string of the molecule is O=C(c1cncs1)N1CCCC2(CCOCC2)C1. The molecule has 2 fully saturated rings. The van der Waals surface area contributed by atoms with Gasteiger partial charge in [-0.25, -0.2) is 0 Å². The average Bonchev–Trinajstić information content (AvgIpc) is 2.93. The highest BCUT2D eigenvalue weighted by Gasteiger charge is 2.38. The van der Waals surface area contributed by atoms with Crippen molar-refractivity contribution in [2.45, 2.75) is 25.7 Å². The predicted octanol–water partition coefficient (Wildman–Crippen LogP) is 2.18. The van der Waals surface area contributed by atoms with Crippen molar-refractivity contribution in [1.29, 1.82) is 0 Å². The first kappa shape index (κ1) is 12.1. The summed E-state index contributed by atoms with van der Waals surface area (Å²) in [6.07, 6.45) is 6.23. The van der Waals surface area contributed by atoms with Crippen LogP contribution in [0.15, 0.2) is 11.7 Å². The molecular weight excluding hydrogens is 248 g/mol. The van der Waals surface area contributed by atoms with Crippen LogP contribution < -0.4 is 0 Å². The molecule has 3 rings (SSSR count). The van der Waals surface area contributed by atoms with Gasteiger partial charge in [0, 0.05) is 26.3 Å². The van der Waals surface area contributed by atoms with Gasteiger partial charge in [0.2, 0.25) is 0 Å². The Kier molecular flexibility index (Phi) is 3.35. The van der Waals surface area contributed by atoms with Crippen LogP contribution in [-0.4, -0.2) is 42.1 Å². The van der Waals surface area contributed by atoms with Crippen LogP contribution >= 0.6 is 11.3 Å². The fourth-order valence-electron chi connectivity index (χ4n) is 3.07. The Labute approximate surface area is 111 Å². The van der Waals surface area contributed by atoms with Crippen molar-refractivity contribution in [3.05, 3.63) is 16.6 Å². The Morgan fingerprint density at radius 3 is 2.94 bits per heavy atom. The number of amides is 1. The summed E-state index contributed by atoms with van der Waals surface area (Å²) in [5.74, 6) is 0.156. The molecule has 1 aromatic heterocycles. The van der Waals surface area contributed by atoms with Crippen LogP contribution in [-0.2, 0) is 4.74 Å². The van der Waals surface area contributed by atoms with E-state index in [2.05, 4.69) is 4.98 Å². The number of nitrogens with zero attached hydrogens (tertiary/aromatic N) is 2. The van der Waals surface area contributed by atoms with Crippen molar-refractivity contribution in [3.63, 3.8) is 0 Å². The third-order valence-corrected chi connectivity index (χ3v) is 4.91. The summed E-state index contributed by atoms with van der Waals surface area (Å²) in [4.78, 5) is 19.1. The minimum atomic E-state index is 0.156. The van der Waals surface area contributed by atoms with Crippen LogP contribution in [0, 0.1) is 5.41 Å². The molecule has 1 aromatic rings. The van der Waals surface area contributed by atoms with Crippen molar-refractivity contribution in [2.75, 3.05) is 26.3 Å². The normalized spacial score (nSPS) is 23.2. The Morgan fingerprint density at radius 1 is 1.39 bits per heavy atom. The van der Waals surface area contributed by atoms with Gasteiger partial charge in [0.05, 0.1) is 11.7 Å². The summed E-state index contributed by atoms with van der Waals surface area (Å²) in [5.41, 5.74) is 2.04. The lowest BCUT2D eigenvalue weighted by Crippen LogP contribution is -2.48. The molecule has 98 valence electrons. The average molecular weight is 266 g/mol. The zero-order valence-corrected chi connectivity index (χ0v) is 11.2.